The predicted molar refractivity (Wildman–Crippen MR) is 82.6 cm³/mol. The molecule has 0 radical (unpaired) electrons. The molecule has 2 aromatic carbocycles. The lowest BCUT2D eigenvalue weighted by Gasteiger charge is -2.12. The number of hydrogen-bond acceptors (Lipinski definition) is 0. The van der Waals surface area contributed by atoms with Crippen LogP contribution in [-0.2, 0) is 0 Å². The van der Waals surface area contributed by atoms with Gasteiger partial charge in [0.2, 0.25) is 0 Å². The van der Waals surface area contributed by atoms with E-state index >= 15 is 0 Å². The Labute approximate surface area is 115 Å². The molecular formula is C19H16. The smallest absolute Gasteiger partial charge is 0.0350 e. The van der Waals surface area contributed by atoms with Crippen LogP contribution in [0.1, 0.15) is 18.1 Å². The molecule has 0 atom stereocenters. The van der Waals surface area contributed by atoms with E-state index < -0.39 is 0 Å². The van der Waals surface area contributed by atoms with Gasteiger partial charge in [-0.25, -0.2) is 0 Å². The number of benzene rings is 2. The van der Waals surface area contributed by atoms with Crippen LogP contribution in [0.4, 0.5) is 0 Å². The van der Waals surface area contributed by atoms with Crippen LogP contribution in [0.15, 0.2) is 78.4 Å². The van der Waals surface area contributed by atoms with E-state index in [1.54, 1.807) is 0 Å². The van der Waals surface area contributed by atoms with E-state index in [0.717, 1.165) is 27.8 Å². The van der Waals surface area contributed by atoms with Crippen molar-refractivity contribution in [2.45, 2.75) is 6.92 Å². The minimum Gasteiger partial charge on any atom is -0.115 e. The molecule has 2 rings (SSSR count). The van der Waals surface area contributed by atoms with Gasteiger partial charge in [-0.3, -0.25) is 0 Å². The third-order valence-corrected chi connectivity index (χ3v) is 2.95. The first kappa shape index (κ1) is 12.9. The van der Waals surface area contributed by atoms with Crippen molar-refractivity contribution in [3.05, 3.63) is 89.5 Å². The van der Waals surface area contributed by atoms with Crippen LogP contribution in [0.5, 0.6) is 0 Å². The summed E-state index contributed by atoms with van der Waals surface area (Å²) in [6.45, 7) is 5.94. The second-order valence-corrected chi connectivity index (χ2v) is 4.41. The van der Waals surface area contributed by atoms with Crippen LogP contribution < -0.4 is 0 Å². The van der Waals surface area contributed by atoms with Gasteiger partial charge in [-0.15, -0.1) is 6.42 Å². The molecule has 19 heavy (non-hydrogen) atoms. The Hall–Kier alpha value is -2.52. The third-order valence-electron chi connectivity index (χ3n) is 2.95. The number of terminal acetylenes is 1. The van der Waals surface area contributed by atoms with Crippen LogP contribution in [0, 0.1) is 12.3 Å². The number of rotatable bonds is 3. The van der Waals surface area contributed by atoms with Crippen molar-refractivity contribution in [2.75, 3.05) is 0 Å². The molecule has 0 fully saturated rings. The highest BCUT2D eigenvalue weighted by atomic mass is 14.1. The SMILES string of the molecule is C#CC(C(=C)C)=C(c1ccccc1)c1ccccc1. The summed E-state index contributed by atoms with van der Waals surface area (Å²) in [5.74, 6) is 2.78. The summed E-state index contributed by atoms with van der Waals surface area (Å²) in [6.07, 6.45) is 5.68. The molecule has 0 N–H and O–H groups in total. The van der Waals surface area contributed by atoms with E-state index in [1.807, 2.05) is 43.3 Å². The van der Waals surface area contributed by atoms with Crippen LogP contribution >= 0.6 is 0 Å². The van der Waals surface area contributed by atoms with Crippen molar-refractivity contribution in [1.82, 2.24) is 0 Å². The summed E-state index contributed by atoms with van der Waals surface area (Å²) in [5, 5.41) is 0. The first-order valence-electron chi connectivity index (χ1n) is 6.21. The lowest BCUT2D eigenvalue weighted by molar-refractivity contribution is 1.45. The first-order chi connectivity index (χ1) is 9.24. The molecular weight excluding hydrogens is 228 g/mol. The zero-order chi connectivity index (χ0) is 13.7. The molecule has 0 unspecified atom stereocenters. The maximum atomic E-state index is 5.68. The van der Waals surface area contributed by atoms with Gasteiger partial charge in [0.15, 0.2) is 0 Å². The molecule has 2 aromatic rings. The molecule has 0 amide bonds. The summed E-state index contributed by atoms with van der Waals surface area (Å²) in [4.78, 5) is 0. The molecule has 0 saturated heterocycles. The van der Waals surface area contributed by atoms with Crippen molar-refractivity contribution in [3.8, 4) is 12.3 Å². The summed E-state index contributed by atoms with van der Waals surface area (Å²) < 4.78 is 0. The van der Waals surface area contributed by atoms with Gasteiger partial charge in [-0.1, -0.05) is 73.2 Å². The molecule has 92 valence electrons. The molecule has 0 nitrogen and oxygen atoms in total. The minimum absolute atomic E-state index is 0.859. The van der Waals surface area contributed by atoms with Crippen molar-refractivity contribution < 1.29 is 0 Å². The first-order valence-corrected chi connectivity index (χ1v) is 6.21. The fourth-order valence-corrected chi connectivity index (χ4v) is 2.07. The van der Waals surface area contributed by atoms with E-state index in [2.05, 4.69) is 36.8 Å². The van der Waals surface area contributed by atoms with Gasteiger partial charge >= 0.3 is 0 Å². The Bertz CT molecular complexity index is 596. The minimum atomic E-state index is 0.859. The fourth-order valence-electron chi connectivity index (χ4n) is 2.07. The molecule has 0 heterocycles. The molecule has 0 aliphatic heterocycles. The van der Waals surface area contributed by atoms with Crippen molar-refractivity contribution >= 4 is 5.57 Å². The highest BCUT2D eigenvalue weighted by Crippen LogP contribution is 2.29. The summed E-state index contributed by atoms with van der Waals surface area (Å²) in [7, 11) is 0. The van der Waals surface area contributed by atoms with Crippen molar-refractivity contribution in [2.24, 2.45) is 0 Å². The quantitative estimate of drug-likeness (QED) is 0.542. The third kappa shape index (κ3) is 2.84. The van der Waals surface area contributed by atoms with Gasteiger partial charge in [0.25, 0.3) is 0 Å². The Morgan fingerprint density at radius 1 is 0.895 bits per heavy atom. The standard InChI is InChI=1S/C19H16/c1-4-18(15(2)3)19(16-11-7-5-8-12-16)17-13-9-6-10-14-17/h1,5-14H,2H2,3H3. The van der Waals surface area contributed by atoms with Gasteiger partial charge in [0, 0.05) is 11.1 Å². The van der Waals surface area contributed by atoms with Gasteiger partial charge in [0.05, 0.1) is 0 Å². The Kier molecular flexibility index (Phi) is 4.00. The zero-order valence-electron chi connectivity index (χ0n) is 11.1. The maximum absolute atomic E-state index is 5.68. The van der Waals surface area contributed by atoms with E-state index in [0.29, 0.717) is 0 Å². The average molecular weight is 244 g/mol. The summed E-state index contributed by atoms with van der Waals surface area (Å²) in [5.41, 5.74) is 5.06. The molecule has 0 aliphatic carbocycles. The predicted octanol–water partition coefficient (Wildman–Crippen LogP) is 4.70. The monoisotopic (exact) mass is 244 g/mol. The number of hydrogen-bond donors (Lipinski definition) is 0. The zero-order valence-corrected chi connectivity index (χ0v) is 11.1. The Morgan fingerprint density at radius 2 is 1.32 bits per heavy atom. The van der Waals surface area contributed by atoms with E-state index in [1.165, 1.54) is 0 Å². The highest BCUT2D eigenvalue weighted by molar-refractivity contribution is 5.87. The maximum Gasteiger partial charge on any atom is 0.0350 e. The second-order valence-electron chi connectivity index (χ2n) is 4.41. The van der Waals surface area contributed by atoms with Gasteiger partial charge in [-0.05, 0) is 23.6 Å². The highest BCUT2D eigenvalue weighted by Gasteiger charge is 2.10. The molecule has 0 aromatic heterocycles. The normalized spacial score (nSPS) is 9.47. The van der Waals surface area contributed by atoms with Crippen LogP contribution in [-0.4, -0.2) is 0 Å². The summed E-state index contributed by atoms with van der Waals surface area (Å²) in [6, 6.07) is 20.4. The average Bonchev–Trinajstić information content (AvgIpc) is 2.46. The van der Waals surface area contributed by atoms with E-state index in [9.17, 15) is 0 Å². The Balaban J connectivity index is 2.73. The van der Waals surface area contributed by atoms with Gasteiger partial charge in [0.1, 0.15) is 0 Å². The van der Waals surface area contributed by atoms with Gasteiger partial charge in [-0.2, -0.15) is 0 Å². The lowest BCUT2D eigenvalue weighted by Crippen LogP contribution is -1.94. The molecule has 0 saturated carbocycles. The van der Waals surface area contributed by atoms with Crippen LogP contribution in [0.3, 0.4) is 0 Å². The molecule has 0 spiro atoms. The van der Waals surface area contributed by atoms with E-state index in [4.69, 9.17) is 6.42 Å². The van der Waals surface area contributed by atoms with Crippen molar-refractivity contribution in [1.29, 1.82) is 0 Å². The molecule has 0 heteroatoms. The van der Waals surface area contributed by atoms with Crippen LogP contribution in [0.2, 0.25) is 0 Å². The number of allylic oxidation sites excluding steroid dienone is 2. The topological polar surface area (TPSA) is 0 Å². The fraction of sp³-hybridized carbons (Fsp3) is 0.0526. The summed E-state index contributed by atoms with van der Waals surface area (Å²) >= 11 is 0. The lowest BCUT2D eigenvalue weighted by atomic mass is 9.91. The van der Waals surface area contributed by atoms with E-state index in [-0.39, 0.29) is 0 Å². The van der Waals surface area contributed by atoms with Gasteiger partial charge < -0.3 is 0 Å². The molecule has 0 aliphatic rings. The molecule has 0 bridgehead atoms. The van der Waals surface area contributed by atoms with Crippen molar-refractivity contribution in [3.63, 3.8) is 0 Å². The largest absolute Gasteiger partial charge is 0.115 e. The second kappa shape index (κ2) is 5.89. The van der Waals surface area contributed by atoms with Crippen LogP contribution in [0.25, 0.3) is 5.57 Å². The Morgan fingerprint density at radius 3 is 1.63 bits per heavy atom.